The van der Waals surface area contributed by atoms with Crippen LogP contribution in [0.5, 0.6) is 5.75 Å². The molecule has 0 aliphatic heterocycles. The number of oxime groups is 1. The first kappa shape index (κ1) is 32.0. The van der Waals surface area contributed by atoms with E-state index in [1.165, 1.54) is 13.3 Å². The van der Waals surface area contributed by atoms with Crippen LogP contribution in [-0.4, -0.2) is 32.2 Å². The molecule has 0 spiro atoms. The summed E-state index contributed by atoms with van der Waals surface area (Å²) in [5.74, 6) is -0.155. The molecule has 0 amide bonds. The van der Waals surface area contributed by atoms with E-state index in [2.05, 4.69) is 36.6 Å². The van der Waals surface area contributed by atoms with Gasteiger partial charge in [-0.15, -0.1) is 0 Å². The van der Waals surface area contributed by atoms with Crippen molar-refractivity contribution < 1.29 is 24.6 Å². The molecule has 3 aromatic carbocycles. The van der Waals surface area contributed by atoms with Crippen LogP contribution in [0.4, 0.5) is 0 Å². The molecule has 7 nitrogen and oxygen atoms in total. The number of aromatic nitrogens is 1. The van der Waals surface area contributed by atoms with Gasteiger partial charge in [-0.05, 0) is 78.8 Å². The number of nitrogens with zero attached hydrogens (tertiary/aromatic N) is 2. The highest BCUT2D eigenvalue weighted by Crippen LogP contribution is 2.35. The van der Waals surface area contributed by atoms with Crippen molar-refractivity contribution in [3.05, 3.63) is 77.4 Å². The molecular formula is C36H44N2O5. The number of benzene rings is 3. The third kappa shape index (κ3) is 7.71. The lowest BCUT2D eigenvalue weighted by molar-refractivity contribution is -0.140. The van der Waals surface area contributed by atoms with Crippen molar-refractivity contribution in [3.8, 4) is 5.75 Å². The first-order valence-corrected chi connectivity index (χ1v) is 15.6. The number of hydrogen-bond acceptors (Lipinski definition) is 6. The molecular weight excluding hydrogens is 540 g/mol. The predicted molar refractivity (Wildman–Crippen MR) is 173 cm³/mol. The Morgan fingerprint density at radius 2 is 1.51 bits per heavy atom. The van der Waals surface area contributed by atoms with E-state index in [0.717, 1.165) is 72.4 Å². The molecule has 0 fully saturated rings. The lowest BCUT2D eigenvalue weighted by Gasteiger charge is -2.18. The summed E-state index contributed by atoms with van der Waals surface area (Å²) >= 11 is 0. The predicted octanol–water partition coefficient (Wildman–Crippen LogP) is 8.48. The van der Waals surface area contributed by atoms with E-state index in [1.54, 1.807) is 24.3 Å². The first-order chi connectivity index (χ1) is 20.8. The zero-order valence-electron chi connectivity index (χ0n) is 25.8. The fourth-order valence-corrected chi connectivity index (χ4v) is 5.68. The molecule has 1 heterocycles. The van der Waals surface area contributed by atoms with E-state index in [1.807, 2.05) is 30.3 Å². The van der Waals surface area contributed by atoms with Crippen LogP contribution in [0.3, 0.4) is 0 Å². The lowest BCUT2D eigenvalue weighted by atomic mass is 9.98. The maximum absolute atomic E-state index is 13.7. The second-order valence-corrected chi connectivity index (χ2v) is 11.4. The van der Waals surface area contributed by atoms with Crippen LogP contribution in [0.1, 0.15) is 107 Å². The molecule has 1 aromatic heterocycles. The molecule has 0 saturated carbocycles. The standard InChI is InChI=1S/C36H44N2O5/c1-5-8-10-12-32(37-43-24(4)39)36(42)28-16-20-34-31(22-28)30-21-27(35(41)26-13-17-29(40)18-14-26)15-19-33(30)38(34)23-25(7-3)11-9-6-2/h13-22,25,35,40-41H,5-12,23H2,1-4H3/b37-32+. The highest BCUT2D eigenvalue weighted by atomic mass is 16.7. The van der Waals surface area contributed by atoms with Crippen LogP contribution in [0.25, 0.3) is 21.8 Å². The fourth-order valence-electron chi connectivity index (χ4n) is 5.68. The summed E-state index contributed by atoms with van der Waals surface area (Å²) in [6.07, 6.45) is 6.83. The number of ketones is 1. The van der Waals surface area contributed by atoms with Crippen molar-refractivity contribution >= 4 is 39.3 Å². The number of hydrogen-bond donors (Lipinski definition) is 2. The Hall–Kier alpha value is -3.97. The number of rotatable bonds is 15. The normalized spacial score (nSPS) is 13.4. The van der Waals surface area contributed by atoms with Crippen molar-refractivity contribution in [1.82, 2.24) is 4.57 Å². The molecule has 2 atom stereocenters. The van der Waals surface area contributed by atoms with Crippen molar-refractivity contribution in [2.24, 2.45) is 11.1 Å². The Balaban J connectivity index is 1.83. The van der Waals surface area contributed by atoms with E-state index >= 15 is 0 Å². The zero-order chi connectivity index (χ0) is 30.9. The van der Waals surface area contributed by atoms with Crippen LogP contribution in [0, 0.1) is 5.92 Å². The average molecular weight is 585 g/mol. The zero-order valence-corrected chi connectivity index (χ0v) is 25.8. The number of phenols is 1. The van der Waals surface area contributed by atoms with Gasteiger partial charge in [0, 0.05) is 40.8 Å². The summed E-state index contributed by atoms with van der Waals surface area (Å²) in [7, 11) is 0. The summed E-state index contributed by atoms with van der Waals surface area (Å²) in [5.41, 5.74) is 4.21. The maximum atomic E-state index is 13.7. The molecule has 0 radical (unpaired) electrons. The molecule has 0 aliphatic carbocycles. The van der Waals surface area contributed by atoms with Crippen LogP contribution in [0.15, 0.2) is 65.8 Å². The molecule has 2 N–H and O–H groups in total. The van der Waals surface area contributed by atoms with E-state index in [0.29, 0.717) is 23.5 Å². The molecule has 4 rings (SSSR count). The Labute approximate surface area is 254 Å². The summed E-state index contributed by atoms with van der Waals surface area (Å²) in [6.45, 7) is 8.67. The highest BCUT2D eigenvalue weighted by molar-refractivity contribution is 6.46. The van der Waals surface area contributed by atoms with Gasteiger partial charge in [0.05, 0.1) is 0 Å². The minimum Gasteiger partial charge on any atom is -0.508 e. The largest absolute Gasteiger partial charge is 0.508 e. The number of fused-ring (bicyclic) bond motifs is 3. The van der Waals surface area contributed by atoms with Crippen LogP contribution in [-0.2, 0) is 16.2 Å². The van der Waals surface area contributed by atoms with Crippen LogP contribution >= 0.6 is 0 Å². The van der Waals surface area contributed by atoms with Gasteiger partial charge in [0.25, 0.3) is 0 Å². The van der Waals surface area contributed by atoms with E-state index in [-0.39, 0.29) is 17.2 Å². The summed E-state index contributed by atoms with van der Waals surface area (Å²) < 4.78 is 2.34. The topological polar surface area (TPSA) is 101 Å². The van der Waals surface area contributed by atoms with Gasteiger partial charge in [-0.25, -0.2) is 4.79 Å². The summed E-state index contributed by atoms with van der Waals surface area (Å²) in [4.78, 5) is 30.0. The smallest absolute Gasteiger partial charge is 0.331 e. The summed E-state index contributed by atoms with van der Waals surface area (Å²) in [6, 6.07) is 18.3. The molecule has 7 heteroatoms. The van der Waals surface area contributed by atoms with Crippen LogP contribution < -0.4 is 0 Å². The quantitative estimate of drug-likeness (QED) is 0.0480. The van der Waals surface area contributed by atoms with Gasteiger partial charge >= 0.3 is 5.97 Å². The van der Waals surface area contributed by atoms with Gasteiger partial charge in [-0.3, -0.25) is 4.79 Å². The van der Waals surface area contributed by atoms with Gasteiger partial charge in [-0.2, -0.15) is 0 Å². The fraction of sp³-hybridized carbons (Fsp3) is 0.417. The lowest BCUT2D eigenvalue weighted by Crippen LogP contribution is -2.16. The number of aliphatic hydroxyl groups excluding tert-OH is 1. The minimum atomic E-state index is -0.873. The van der Waals surface area contributed by atoms with Gasteiger partial charge in [0.1, 0.15) is 17.6 Å². The SMILES string of the molecule is CCCCC/C(=N\OC(C)=O)C(=O)c1ccc2c(c1)c1cc(C(O)c3ccc(O)cc3)ccc1n2CC(CC)CCCC. The molecule has 43 heavy (non-hydrogen) atoms. The second kappa shape index (κ2) is 15.0. The average Bonchev–Trinajstić information content (AvgIpc) is 3.32. The van der Waals surface area contributed by atoms with Crippen LogP contribution in [0.2, 0.25) is 0 Å². The minimum absolute atomic E-state index is 0.145. The molecule has 0 bridgehead atoms. The molecule has 2 unspecified atom stereocenters. The van der Waals surface area contributed by atoms with Gasteiger partial charge in [0.2, 0.25) is 5.78 Å². The van der Waals surface area contributed by atoms with Crippen molar-refractivity contribution in [1.29, 1.82) is 0 Å². The van der Waals surface area contributed by atoms with Gasteiger partial charge in [0.15, 0.2) is 0 Å². The molecule has 0 saturated heterocycles. The number of aliphatic hydroxyl groups is 1. The number of aromatic hydroxyl groups is 1. The Morgan fingerprint density at radius 3 is 2.16 bits per heavy atom. The second-order valence-electron chi connectivity index (χ2n) is 11.4. The Bertz CT molecular complexity index is 1590. The summed E-state index contributed by atoms with van der Waals surface area (Å²) in [5, 5.41) is 26.7. The monoisotopic (exact) mass is 584 g/mol. The third-order valence-electron chi connectivity index (χ3n) is 8.22. The number of carbonyl (C=O) groups excluding carboxylic acids is 2. The van der Waals surface area contributed by atoms with E-state index in [4.69, 9.17) is 4.84 Å². The third-order valence-corrected chi connectivity index (χ3v) is 8.22. The van der Waals surface area contributed by atoms with Crippen molar-refractivity contribution in [2.75, 3.05) is 0 Å². The van der Waals surface area contributed by atoms with Gasteiger partial charge in [-0.1, -0.05) is 76.2 Å². The number of phenolic OH excluding ortho intramolecular Hbond substituents is 1. The maximum Gasteiger partial charge on any atom is 0.331 e. The van der Waals surface area contributed by atoms with E-state index in [9.17, 15) is 19.8 Å². The van der Waals surface area contributed by atoms with E-state index < -0.39 is 12.1 Å². The first-order valence-electron chi connectivity index (χ1n) is 15.6. The number of Topliss-reactive ketones (excluding diaryl/α,β-unsaturated/α-hetero) is 1. The number of carbonyl (C=O) groups is 2. The van der Waals surface area contributed by atoms with Crippen molar-refractivity contribution in [3.63, 3.8) is 0 Å². The van der Waals surface area contributed by atoms with Gasteiger partial charge < -0.3 is 19.6 Å². The Kier molecular flexibility index (Phi) is 11.1. The molecule has 4 aromatic rings. The highest BCUT2D eigenvalue weighted by Gasteiger charge is 2.21. The number of unbranched alkanes of at least 4 members (excludes halogenated alkanes) is 3. The molecule has 0 aliphatic rings. The van der Waals surface area contributed by atoms with Crippen molar-refractivity contribution in [2.45, 2.75) is 91.7 Å². The molecule has 228 valence electrons. The Morgan fingerprint density at radius 1 is 0.860 bits per heavy atom.